The van der Waals surface area contributed by atoms with Gasteiger partial charge >= 0.3 is 11.9 Å². The lowest BCUT2D eigenvalue weighted by Gasteiger charge is -2.09. The number of rotatable bonds is 13. The number of unbranched alkanes of at least 4 members (excludes halogenated alkanes) is 5. The molecule has 0 aromatic carbocycles. The second-order valence-corrected chi connectivity index (χ2v) is 5.88. The van der Waals surface area contributed by atoms with Gasteiger partial charge in [0.15, 0.2) is 0 Å². The standard InChI is InChI=1S/C16H28N2O6/c1-11(15(21)22)17-13(19)9-7-5-3-4-6-8-10-14(20)18-12(2)16(23)24/h11-12H,3-10H2,1-2H3,(H,17,19)(H,18,20)(H,21,22)(H,23,24)/t11-,12-/m0/s1. The summed E-state index contributed by atoms with van der Waals surface area (Å²) in [5.41, 5.74) is 0. The Morgan fingerprint density at radius 1 is 0.667 bits per heavy atom. The predicted molar refractivity (Wildman–Crippen MR) is 87.4 cm³/mol. The molecule has 2 amide bonds. The van der Waals surface area contributed by atoms with Crippen molar-refractivity contribution in [2.45, 2.75) is 77.3 Å². The summed E-state index contributed by atoms with van der Waals surface area (Å²) < 4.78 is 0. The summed E-state index contributed by atoms with van der Waals surface area (Å²) in [5, 5.41) is 22.1. The van der Waals surface area contributed by atoms with Crippen molar-refractivity contribution in [3.8, 4) is 0 Å². The molecule has 0 bridgehead atoms. The van der Waals surface area contributed by atoms with Crippen molar-refractivity contribution in [3.05, 3.63) is 0 Å². The van der Waals surface area contributed by atoms with Gasteiger partial charge in [0.1, 0.15) is 12.1 Å². The Labute approximate surface area is 142 Å². The Hall–Kier alpha value is -2.12. The van der Waals surface area contributed by atoms with Gasteiger partial charge in [-0.2, -0.15) is 0 Å². The van der Waals surface area contributed by atoms with E-state index >= 15 is 0 Å². The van der Waals surface area contributed by atoms with E-state index in [1.54, 1.807) is 0 Å². The monoisotopic (exact) mass is 344 g/mol. The molecule has 8 heteroatoms. The second kappa shape index (κ2) is 12.3. The molecular formula is C16H28N2O6. The molecule has 0 radical (unpaired) electrons. The third-order valence-corrected chi connectivity index (χ3v) is 3.55. The van der Waals surface area contributed by atoms with Crippen LogP contribution >= 0.6 is 0 Å². The summed E-state index contributed by atoms with van der Waals surface area (Å²) in [7, 11) is 0. The summed E-state index contributed by atoms with van der Waals surface area (Å²) in [6.45, 7) is 2.85. The molecule has 0 heterocycles. The first-order chi connectivity index (χ1) is 11.2. The first-order valence-corrected chi connectivity index (χ1v) is 8.28. The maximum atomic E-state index is 11.4. The molecule has 2 atom stereocenters. The van der Waals surface area contributed by atoms with Crippen molar-refractivity contribution >= 4 is 23.8 Å². The van der Waals surface area contributed by atoms with E-state index < -0.39 is 24.0 Å². The van der Waals surface area contributed by atoms with E-state index in [0.29, 0.717) is 25.7 Å². The molecule has 0 spiro atoms. The summed E-state index contributed by atoms with van der Waals surface area (Å²) in [6, 6.07) is -1.74. The Morgan fingerprint density at radius 2 is 0.958 bits per heavy atom. The molecule has 24 heavy (non-hydrogen) atoms. The van der Waals surface area contributed by atoms with E-state index in [4.69, 9.17) is 10.2 Å². The van der Waals surface area contributed by atoms with E-state index in [-0.39, 0.29) is 11.8 Å². The maximum Gasteiger partial charge on any atom is 0.325 e. The van der Waals surface area contributed by atoms with Gasteiger partial charge in [-0.15, -0.1) is 0 Å². The summed E-state index contributed by atoms with van der Waals surface area (Å²) in [6.07, 6.45) is 5.65. The lowest BCUT2D eigenvalue weighted by Crippen LogP contribution is -2.38. The largest absolute Gasteiger partial charge is 0.480 e. The lowest BCUT2D eigenvalue weighted by molar-refractivity contribution is -0.141. The maximum absolute atomic E-state index is 11.4. The molecule has 0 aliphatic carbocycles. The Bertz CT molecular complexity index is 398. The lowest BCUT2D eigenvalue weighted by atomic mass is 10.1. The van der Waals surface area contributed by atoms with Crippen LogP contribution in [0.4, 0.5) is 0 Å². The van der Waals surface area contributed by atoms with Gasteiger partial charge < -0.3 is 20.8 Å². The van der Waals surface area contributed by atoms with E-state index in [2.05, 4.69) is 10.6 Å². The molecule has 0 fully saturated rings. The van der Waals surface area contributed by atoms with Crippen molar-refractivity contribution in [2.24, 2.45) is 0 Å². The van der Waals surface area contributed by atoms with Gasteiger partial charge in [0.05, 0.1) is 0 Å². The van der Waals surface area contributed by atoms with Crippen molar-refractivity contribution < 1.29 is 29.4 Å². The fourth-order valence-corrected chi connectivity index (χ4v) is 2.03. The molecule has 4 N–H and O–H groups in total. The molecule has 0 aliphatic rings. The third-order valence-electron chi connectivity index (χ3n) is 3.55. The molecule has 0 saturated heterocycles. The van der Waals surface area contributed by atoms with Crippen LogP contribution < -0.4 is 10.6 Å². The van der Waals surface area contributed by atoms with Gasteiger partial charge in [-0.25, -0.2) is 0 Å². The zero-order valence-corrected chi connectivity index (χ0v) is 14.3. The van der Waals surface area contributed by atoms with Crippen LogP contribution in [0.25, 0.3) is 0 Å². The Morgan fingerprint density at radius 3 is 1.25 bits per heavy atom. The highest BCUT2D eigenvalue weighted by Crippen LogP contribution is 2.09. The average molecular weight is 344 g/mol. The van der Waals surface area contributed by atoms with Crippen molar-refractivity contribution in [3.63, 3.8) is 0 Å². The first-order valence-electron chi connectivity index (χ1n) is 8.28. The first kappa shape index (κ1) is 21.9. The van der Waals surface area contributed by atoms with Crippen molar-refractivity contribution in [2.75, 3.05) is 0 Å². The van der Waals surface area contributed by atoms with Crippen molar-refractivity contribution in [1.29, 1.82) is 0 Å². The topological polar surface area (TPSA) is 133 Å². The van der Waals surface area contributed by atoms with Crippen LogP contribution in [0.15, 0.2) is 0 Å². The predicted octanol–water partition coefficient (Wildman–Crippen LogP) is 1.29. The van der Waals surface area contributed by atoms with E-state index in [1.165, 1.54) is 13.8 Å². The summed E-state index contributed by atoms with van der Waals surface area (Å²) in [5.74, 6) is -2.61. The fraction of sp³-hybridized carbons (Fsp3) is 0.750. The zero-order valence-electron chi connectivity index (χ0n) is 14.3. The van der Waals surface area contributed by atoms with Crippen LogP contribution in [0.3, 0.4) is 0 Å². The molecular weight excluding hydrogens is 316 g/mol. The SMILES string of the molecule is C[C@H](NC(=O)CCCCCCCCC(=O)N[C@@H](C)C(=O)O)C(=O)O. The van der Waals surface area contributed by atoms with Crippen molar-refractivity contribution in [1.82, 2.24) is 10.6 Å². The highest BCUT2D eigenvalue weighted by Gasteiger charge is 2.14. The minimum absolute atomic E-state index is 0.255. The number of carbonyl (C=O) groups excluding carboxylic acids is 2. The number of aliphatic carboxylic acids is 2. The molecule has 0 saturated carbocycles. The number of amides is 2. The fourth-order valence-electron chi connectivity index (χ4n) is 2.03. The molecule has 0 aromatic rings. The van der Waals surface area contributed by atoms with Gasteiger partial charge in [-0.3, -0.25) is 19.2 Å². The number of nitrogens with one attached hydrogen (secondary N) is 2. The number of carbonyl (C=O) groups is 4. The molecule has 0 aromatic heterocycles. The van der Waals surface area contributed by atoms with Gasteiger partial charge in [-0.1, -0.05) is 25.7 Å². The highest BCUT2D eigenvalue weighted by molar-refractivity contribution is 5.83. The van der Waals surface area contributed by atoms with Crippen LogP contribution in [-0.4, -0.2) is 46.0 Å². The average Bonchev–Trinajstić information content (AvgIpc) is 2.49. The number of carboxylic acids is 2. The summed E-state index contributed by atoms with van der Waals surface area (Å²) in [4.78, 5) is 44.0. The highest BCUT2D eigenvalue weighted by atomic mass is 16.4. The number of hydrogen-bond donors (Lipinski definition) is 4. The van der Waals surface area contributed by atoms with E-state index in [1.807, 2.05) is 0 Å². The van der Waals surface area contributed by atoms with Gasteiger partial charge in [0, 0.05) is 12.8 Å². The molecule has 0 unspecified atom stereocenters. The minimum Gasteiger partial charge on any atom is -0.480 e. The van der Waals surface area contributed by atoms with Gasteiger partial charge in [-0.05, 0) is 26.7 Å². The molecule has 0 rings (SSSR count). The molecule has 138 valence electrons. The van der Waals surface area contributed by atoms with E-state index in [0.717, 1.165) is 25.7 Å². The van der Waals surface area contributed by atoms with Crippen LogP contribution in [0, 0.1) is 0 Å². The second-order valence-electron chi connectivity index (χ2n) is 5.88. The Kier molecular flexibility index (Phi) is 11.2. The minimum atomic E-state index is -1.05. The normalized spacial score (nSPS) is 12.9. The molecule has 8 nitrogen and oxygen atoms in total. The van der Waals surface area contributed by atoms with Crippen LogP contribution in [0.2, 0.25) is 0 Å². The Balaban J connectivity index is 3.51. The number of carboxylic acid groups (broad SMARTS) is 2. The van der Waals surface area contributed by atoms with E-state index in [9.17, 15) is 19.2 Å². The number of hydrogen-bond acceptors (Lipinski definition) is 4. The van der Waals surface area contributed by atoms with Crippen LogP contribution in [-0.2, 0) is 19.2 Å². The smallest absolute Gasteiger partial charge is 0.325 e. The van der Waals surface area contributed by atoms with Crippen LogP contribution in [0.5, 0.6) is 0 Å². The summed E-state index contributed by atoms with van der Waals surface area (Å²) >= 11 is 0. The quantitative estimate of drug-likeness (QED) is 0.372. The zero-order chi connectivity index (χ0) is 18.5. The van der Waals surface area contributed by atoms with Gasteiger partial charge in [0.25, 0.3) is 0 Å². The third kappa shape index (κ3) is 11.4. The molecule has 0 aliphatic heterocycles. The van der Waals surface area contributed by atoms with Crippen LogP contribution in [0.1, 0.15) is 65.2 Å². The van der Waals surface area contributed by atoms with Gasteiger partial charge in [0.2, 0.25) is 11.8 Å².